The molecule has 1 aromatic carbocycles. The molecule has 3 rings (SSSR count). The van der Waals surface area contributed by atoms with Crippen LogP contribution < -0.4 is 0 Å². The molecular formula is C14H17BrFNO. The second-order valence-corrected chi connectivity index (χ2v) is 6.44. The molecule has 2 fully saturated rings. The van der Waals surface area contributed by atoms with Crippen molar-refractivity contribution in [2.75, 3.05) is 13.1 Å². The largest absolute Gasteiger partial charge is 0.388 e. The Morgan fingerprint density at radius 2 is 2.22 bits per heavy atom. The quantitative estimate of drug-likeness (QED) is 0.927. The van der Waals surface area contributed by atoms with E-state index in [0.717, 1.165) is 29.5 Å². The first-order chi connectivity index (χ1) is 8.56. The average molecular weight is 314 g/mol. The van der Waals surface area contributed by atoms with E-state index in [9.17, 15) is 9.50 Å². The first-order valence-corrected chi connectivity index (χ1v) is 7.25. The Balaban J connectivity index is 1.73. The van der Waals surface area contributed by atoms with Crippen LogP contribution in [-0.4, -0.2) is 34.7 Å². The normalized spacial score (nSPS) is 28.8. The van der Waals surface area contributed by atoms with Crippen LogP contribution in [-0.2, 0) is 6.42 Å². The third kappa shape index (κ3) is 2.60. The fourth-order valence-electron chi connectivity index (χ4n) is 2.82. The van der Waals surface area contributed by atoms with Crippen LogP contribution in [0.25, 0.3) is 0 Å². The predicted molar refractivity (Wildman–Crippen MR) is 72.0 cm³/mol. The summed E-state index contributed by atoms with van der Waals surface area (Å²) in [4.78, 5) is 2.37. The van der Waals surface area contributed by atoms with E-state index in [1.54, 1.807) is 6.07 Å². The molecule has 1 N–H and O–H groups in total. The average Bonchev–Trinajstić information content (AvgIpc) is 3.09. The molecule has 0 bridgehead atoms. The SMILES string of the molecule is OC1(Cc2cc(F)ccc2Br)CCN(C2CC2)C1. The number of likely N-dealkylation sites (tertiary alicyclic amines) is 1. The molecule has 1 atom stereocenters. The summed E-state index contributed by atoms with van der Waals surface area (Å²) < 4.78 is 14.1. The number of halogens is 2. The standard InChI is InChI=1S/C14H17BrFNO/c15-13-4-1-11(16)7-10(13)8-14(18)5-6-17(9-14)12-2-3-12/h1,4,7,12,18H,2-3,5-6,8-9H2. The van der Waals surface area contributed by atoms with Gasteiger partial charge in [-0.15, -0.1) is 0 Å². The molecule has 2 nitrogen and oxygen atoms in total. The van der Waals surface area contributed by atoms with Crippen molar-refractivity contribution in [2.45, 2.75) is 37.3 Å². The van der Waals surface area contributed by atoms with Crippen LogP contribution >= 0.6 is 15.9 Å². The number of β-amino-alcohol motifs (C(OH)–C–C–N with tert-alkyl or cyclic N) is 1. The van der Waals surface area contributed by atoms with Crippen LogP contribution in [0, 0.1) is 5.82 Å². The van der Waals surface area contributed by atoms with Crippen molar-refractivity contribution in [3.8, 4) is 0 Å². The maximum atomic E-state index is 13.2. The van der Waals surface area contributed by atoms with E-state index in [0.29, 0.717) is 12.5 Å². The highest BCUT2D eigenvalue weighted by atomic mass is 79.9. The highest BCUT2D eigenvalue weighted by Gasteiger charge is 2.42. The molecule has 18 heavy (non-hydrogen) atoms. The number of hydrogen-bond acceptors (Lipinski definition) is 2. The summed E-state index contributed by atoms with van der Waals surface area (Å²) in [7, 11) is 0. The van der Waals surface area contributed by atoms with Gasteiger partial charge in [0.05, 0.1) is 5.60 Å². The lowest BCUT2D eigenvalue weighted by atomic mass is 9.94. The minimum atomic E-state index is -0.696. The van der Waals surface area contributed by atoms with Crippen LogP contribution in [0.4, 0.5) is 4.39 Å². The third-order valence-electron chi connectivity index (χ3n) is 3.95. The first kappa shape index (κ1) is 12.6. The van der Waals surface area contributed by atoms with Gasteiger partial charge in [-0.1, -0.05) is 15.9 Å². The van der Waals surface area contributed by atoms with Crippen LogP contribution in [0.15, 0.2) is 22.7 Å². The third-order valence-corrected chi connectivity index (χ3v) is 4.73. The van der Waals surface area contributed by atoms with Crippen LogP contribution in [0.2, 0.25) is 0 Å². The summed E-state index contributed by atoms with van der Waals surface area (Å²) in [5, 5.41) is 10.6. The van der Waals surface area contributed by atoms with E-state index in [1.165, 1.54) is 25.0 Å². The monoisotopic (exact) mass is 313 g/mol. The van der Waals surface area contributed by atoms with Gasteiger partial charge in [-0.05, 0) is 43.0 Å². The van der Waals surface area contributed by atoms with Crippen LogP contribution in [0.3, 0.4) is 0 Å². The molecule has 0 amide bonds. The van der Waals surface area contributed by atoms with Gasteiger partial charge < -0.3 is 5.11 Å². The fraction of sp³-hybridized carbons (Fsp3) is 0.571. The maximum Gasteiger partial charge on any atom is 0.123 e. The molecule has 1 saturated carbocycles. The van der Waals surface area contributed by atoms with Gasteiger partial charge in [-0.2, -0.15) is 0 Å². The second-order valence-electron chi connectivity index (χ2n) is 5.59. The van der Waals surface area contributed by atoms with Crippen molar-refractivity contribution in [3.63, 3.8) is 0 Å². The van der Waals surface area contributed by atoms with Gasteiger partial charge in [0, 0.05) is 30.0 Å². The van der Waals surface area contributed by atoms with Crippen molar-refractivity contribution < 1.29 is 9.50 Å². The van der Waals surface area contributed by atoms with E-state index in [4.69, 9.17) is 0 Å². The van der Waals surface area contributed by atoms with Crippen LogP contribution in [0.1, 0.15) is 24.8 Å². The fourth-order valence-corrected chi connectivity index (χ4v) is 3.20. The molecule has 2 aliphatic rings. The highest BCUT2D eigenvalue weighted by molar-refractivity contribution is 9.10. The summed E-state index contributed by atoms with van der Waals surface area (Å²) in [6.45, 7) is 1.69. The van der Waals surface area contributed by atoms with Crippen molar-refractivity contribution in [1.82, 2.24) is 4.90 Å². The number of hydrogen-bond donors (Lipinski definition) is 1. The van der Waals surface area contributed by atoms with Gasteiger partial charge in [0.15, 0.2) is 0 Å². The van der Waals surface area contributed by atoms with E-state index in [2.05, 4.69) is 20.8 Å². The van der Waals surface area contributed by atoms with E-state index < -0.39 is 5.60 Å². The smallest absolute Gasteiger partial charge is 0.123 e. The Bertz CT molecular complexity index is 463. The van der Waals surface area contributed by atoms with Gasteiger partial charge in [0.25, 0.3) is 0 Å². The maximum absolute atomic E-state index is 13.2. The Kier molecular flexibility index (Phi) is 3.20. The van der Waals surface area contributed by atoms with E-state index in [-0.39, 0.29) is 5.82 Å². The molecule has 1 heterocycles. The molecular weight excluding hydrogens is 297 g/mol. The zero-order chi connectivity index (χ0) is 12.8. The zero-order valence-corrected chi connectivity index (χ0v) is 11.8. The van der Waals surface area contributed by atoms with Gasteiger partial charge in [-0.25, -0.2) is 4.39 Å². The van der Waals surface area contributed by atoms with Crippen molar-refractivity contribution >= 4 is 15.9 Å². The number of nitrogens with zero attached hydrogens (tertiary/aromatic N) is 1. The molecule has 0 aromatic heterocycles. The molecule has 4 heteroatoms. The number of benzene rings is 1. The summed E-state index contributed by atoms with van der Waals surface area (Å²) in [5.41, 5.74) is 0.161. The lowest BCUT2D eigenvalue weighted by Crippen LogP contribution is -2.36. The predicted octanol–water partition coefficient (Wildman–Crippen LogP) is 2.73. The van der Waals surface area contributed by atoms with Crippen LogP contribution in [0.5, 0.6) is 0 Å². The highest BCUT2D eigenvalue weighted by Crippen LogP contribution is 2.35. The minimum absolute atomic E-state index is 0.242. The Hall–Kier alpha value is -0.450. The van der Waals surface area contributed by atoms with E-state index in [1.807, 2.05) is 0 Å². The Labute approximate surface area is 115 Å². The lowest BCUT2D eigenvalue weighted by molar-refractivity contribution is 0.0485. The van der Waals surface area contributed by atoms with Crippen molar-refractivity contribution in [1.29, 1.82) is 0 Å². The molecule has 1 saturated heterocycles. The molecule has 0 spiro atoms. The van der Waals surface area contributed by atoms with Gasteiger partial charge in [0.1, 0.15) is 5.82 Å². The lowest BCUT2D eigenvalue weighted by Gasteiger charge is -2.24. The minimum Gasteiger partial charge on any atom is -0.388 e. The van der Waals surface area contributed by atoms with E-state index >= 15 is 0 Å². The molecule has 1 unspecified atom stereocenters. The van der Waals surface area contributed by atoms with Crippen molar-refractivity contribution in [3.05, 3.63) is 34.1 Å². The second kappa shape index (κ2) is 4.58. The zero-order valence-electron chi connectivity index (χ0n) is 10.2. The number of rotatable bonds is 3. The molecule has 1 aliphatic heterocycles. The topological polar surface area (TPSA) is 23.5 Å². The van der Waals surface area contributed by atoms with Gasteiger partial charge >= 0.3 is 0 Å². The summed E-state index contributed by atoms with van der Waals surface area (Å²) in [6.07, 6.45) is 3.83. The first-order valence-electron chi connectivity index (χ1n) is 6.46. The summed E-state index contributed by atoms with van der Waals surface area (Å²) in [5.74, 6) is -0.242. The summed E-state index contributed by atoms with van der Waals surface area (Å²) >= 11 is 3.43. The molecule has 0 radical (unpaired) electrons. The Morgan fingerprint density at radius 1 is 1.44 bits per heavy atom. The van der Waals surface area contributed by atoms with Crippen molar-refractivity contribution in [2.24, 2.45) is 0 Å². The molecule has 1 aliphatic carbocycles. The molecule has 1 aromatic rings. The van der Waals surface area contributed by atoms with Gasteiger partial charge in [-0.3, -0.25) is 4.90 Å². The summed E-state index contributed by atoms with van der Waals surface area (Å²) in [6, 6.07) is 5.35. The number of aliphatic hydroxyl groups is 1. The molecule has 98 valence electrons. The Morgan fingerprint density at radius 3 is 2.94 bits per heavy atom. The van der Waals surface area contributed by atoms with Gasteiger partial charge in [0.2, 0.25) is 0 Å².